The van der Waals surface area contributed by atoms with E-state index in [1.165, 1.54) is 28.6 Å². The molecule has 2 N–H and O–H groups in total. The molecule has 1 saturated heterocycles. The number of hydrogen-bond acceptors (Lipinski definition) is 4. The maximum absolute atomic E-state index is 12.5. The van der Waals surface area contributed by atoms with E-state index in [-0.39, 0.29) is 4.90 Å². The topological polar surface area (TPSA) is 61.4 Å². The number of halogens is 1. The number of sulfonamides is 1. The van der Waals surface area contributed by atoms with Gasteiger partial charge in [-0.3, -0.25) is 0 Å². The lowest BCUT2D eigenvalue weighted by molar-refractivity contribution is 0.581. The molecule has 5 nitrogen and oxygen atoms in total. The number of nitrogens with zero attached hydrogens (tertiary/aromatic N) is 1. The normalized spacial score (nSPS) is 15.0. The van der Waals surface area contributed by atoms with Gasteiger partial charge in [0.15, 0.2) is 0 Å². The molecule has 0 aromatic heterocycles. The Morgan fingerprint density at radius 2 is 1.62 bits per heavy atom. The number of nitrogens with one attached hydrogen (secondary N) is 2. The molecule has 0 radical (unpaired) electrons. The Bertz CT molecular complexity index is 1090. The minimum atomic E-state index is -3.55. The minimum absolute atomic E-state index is 0.223. The van der Waals surface area contributed by atoms with Gasteiger partial charge in [0, 0.05) is 48.8 Å². The molecule has 0 aliphatic carbocycles. The number of rotatable bonds is 6. The van der Waals surface area contributed by atoms with Crippen molar-refractivity contribution in [1.29, 1.82) is 0 Å². The van der Waals surface area contributed by atoms with Crippen molar-refractivity contribution in [3.05, 3.63) is 71.2 Å². The first-order chi connectivity index (χ1) is 14.0. The predicted octanol–water partition coefficient (Wildman–Crippen LogP) is 3.42. The summed E-state index contributed by atoms with van der Waals surface area (Å²) in [5, 5.41) is 6.29. The summed E-state index contributed by atoms with van der Waals surface area (Å²) >= 11 is 5.85. The number of hydrogen-bond donors (Lipinski definition) is 2. The summed E-state index contributed by atoms with van der Waals surface area (Å²) in [5.41, 5.74) is 2.38. The fourth-order valence-electron chi connectivity index (χ4n) is 3.76. The third kappa shape index (κ3) is 4.56. The molecule has 0 bridgehead atoms. The van der Waals surface area contributed by atoms with Crippen LogP contribution in [0.5, 0.6) is 0 Å². The van der Waals surface area contributed by atoms with Crippen molar-refractivity contribution in [2.45, 2.75) is 11.3 Å². The first-order valence-electron chi connectivity index (χ1n) is 9.76. The van der Waals surface area contributed by atoms with Crippen LogP contribution in [0.2, 0.25) is 5.02 Å². The lowest BCUT2D eigenvalue weighted by Gasteiger charge is -2.30. The number of benzene rings is 3. The standard InChI is InChI=1S/C22H24ClN3O2S/c23-18-6-8-19(9-7-18)29(27,28)25-12-11-17-5-10-22(26-15-13-24-14-16-26)21-4-2-1-3-20(17)21/h1-10,24-25H,11-16H2. The van der Waals surface area contributed by atoms with Crippen LogP contribution in [0.25, 0.3) is 10.8 Å². The van der Waals surface area contributed by atoms with E-state index in [9.17, 15) is 8.42 Å². The van der Waals surface area contributed by atoms with E-state index in [1.807, 2.05) is 6.07 Å². The Morgan fingerprint density at radius 1 is 0.931 bits per heavy atom. The molecule has 0 spiro atoms. The van der Waals surface area contributed by atoms with Crippen LogP contribution in [0, 0.1) is 0 Å². The molecule has 3 aromatic carbocycles. The maximum Gasteiger partial charge on any atom is 0.240 e. The van der Waals surface area contributed by atoms with Crippen molar-refractivity contribution in [3.63, 3.8) is 0 Å². The van der Waals surface area contributed by atoms with E-state index < -0.39 is 10.0 Å². The smallest absolute Gasteiger partial charge is 0.240 e. The Balaban J connectivity index is 1.52. The zero-order valence-corrected chi connectivity index (χ0v) is 17.6. The fourth-order valence-corrected chi connectivity index (χ4v) is 4.92. The van der Waals surface area contributed by atoms with Crippen LogP contribution in [0.3, 0.4) is 0 Å². The van der Waals surface area contributed by atoms with Crippen molar-refractivity contribution >= 4 is 38.1 Å². The minimum Gasteiger partial charge on any atom is -0.368 e. The number of piperazine rings is 1. The highest BCUT2D eigenvalue weighted by Crippen LogP contribution is 2.30. The van der Waals surface area contributed by atoms with Crippen LogP contribution in [-0.2, 0) is 16.4 Å². The summed E-state index contributed by atoms with van der Waals surface area (Å²) in [7, 11) is -3.55. The van der Waals surface area contributed by atoms with Crippen LogP contribution in [0.4, 0.5) is 5.69 Å². The van der Waals surface area contributed by atoms with Gasteiger partial charge < -0.3 is 10.2 Å². The Morgan fingerprint density at radius 3 is 2.34 bits per heavy atom. The van der Waals surface area contributed by atoms with Gasteiger partial charge in [0.05, 0.1) is 4.90 Å². The molecule has 3 aromatic rings. The summed E-state index contributed by atoms with van der Waals surface area (Å²) in [4.78, 5) is 2.63. The van der Waals surface area contributed by atoms with Crippen LogP contribution >= 0.6 is 11.6 Å². The zero-order valence-electron chi connectivity index (χ0n) is 16.1. The van der Waals surface area contributed by atoms with Crippen molar-refractivity contribution in [3.8, 4) is 0 Å². The lowest BCUT2D eigenvalue weighted by Crippen LogP contribution is -2.43. The van der Waals surface area contributed by atoms with Gasteiger partial charge in [-0.2, -0.15) is 0 Å². The van der Waals surface area contributed by atoms with Crippen molar-refractivity contribution in [2.24, 2.45) is 0 Å². The van der Waals surface area contributed by atoms with E-state index in [0.29, 0.717) is 18.0 Å². The predicted molar refractivity (Wildman–Crippen MR) is 119 cm³/mol. The monoisotopic (exact) mass is 429 g/mol. The number of fused-ring (bicyclic) bond motifs is 1. The van der Waals surface area contributed by atoms with Gasteiger partial charge in [-0.05, 0) is 47.7 Å². The maximum atomic E-state index is 12.5. The number of anilines is 1. The Hall–Kier alpha value is -2.12. The first kappa shape index (κ1) is 20.2. The average molecular weight is 430 g/mol. The van der Waals surface area contributed by atoms with Crippen molar-refractivity contribution in [1.82, 2.24) is 10.0 Å². The molecule has 0 unspecified atom stereocenters. The third-order valence-electron chi connectivity index (χ3n) is 5.26. The molecule has 7 heteroatoms. The fraction of sp³-hybridized carbons (Fsp3) is 0.273. The largest absolute Gasteiger partial charge is 0.368 e. The summed E-state index contributed by atoms with van der Waals surface area (Å²) in [6, 6.07) is 18.8. The Kier molecular flexibility index (Phi) is 6.06. The average Bonchev–Trinajstić information content (AvgIpc) is 2.75. The van der Waals surface area contributed by atoms with Crippen LogP contribution in [0.15, 0.2) is 65.6 Å². The van der Waals surface area contributed by atoms with Gasteiger partial charge in [-0.25, -0.2) is 13.1 Å². The molecule has 0 atom stereocenters. The van der Waals surface area contributed by atoms with Crippen LogP contribution in [-0.4, -0.2) is 41.1 Å². The van der Waals surface area contributed by atoms with Gasteiger partial charge in [0.1, 0.15) is 0 Å². The van der Waals surface area contributed by atoms with E-state index >= 15 is 0 Å². The van der Waals surface area contributed by atoms with E-state index in [0.717, 1.165) is 31.7 Å². The molecule has 1 aliphatic rings. The van der Waals surface area contributed by atoms with Gasteiger partial charge in [-0.15, -0.1) is 0 Å². The van der Waals surface area contributed by atoms with Gasteiger partial charge in [0.25, 0.3) is 0 Å². The molecule has 29 heavy (non-hydrogen) atoms. The molecule has 4 rings (SSSR count). The van der Waals surface area contributed by atoms with Gasteiger partial charge in [0.2, 0.25) is 10.0 Å². The molecule has 152 valence electrons. The lowest BCUT2D eigenvalue weighted by atomic mass is 10.00. The molecular formula is C22H24ClN3O2S. The quantitative estimate of drug-likeness (QED) is 0.630. The first-order valence-corrected chi connectivity index (χ1v) is 11.6. The zero-order chi connectivity index (χ0) is 20.3. The third-order valence-corrected chi connectivity index (χ3v) is 6.99. The molecule has 0 saturated carbocycles. The highest BCUT2D eigenvalue weighted by Gasteiger charge is 2.16. The second kappa shape index (κ2) is 8.71. The summed E-state index contributed by atoms with van der Waals surface area (Å²) < 4.78 is 27.7. The van der Waals surface area contributed by atoms with Crippen LogP contribution in [0.1, 0.15) is 5.56 Å². The highest BCUT2D eigenvalue weighted by atomic mass is 35.5. The second-order valence-electron chi connectivity index (χ2n) is 7.13. The summed E-state index contributed by atoms with van der Waals surface area (Å²) in [6.07, 6.45) is 0.620. The molecule has 1 fully saturated rings. The van der Waals surface area contributed by atoms with Crippen LogP contribution < -0.4 is 14.9 Å². The van der Waals surface area contributed by atoms with E-state index in [4.69, 9.17) is 11.6 Å². The Labute approximate surface area is 176 Å². The molecule has 1 aliphatic heterocycles. The SMILES string of the molecule is O=S(=O)(NCCc1ccc(N2CCNCC2)c2ccccc12)c1ccc(Cl)cc1. The molecule has 1 heterocycles. The molecular weight excluding hydrogens is 406 g/mol. The second-order valence-corrected chi connectivity index (χ2v) is 9.33. The van der Waals surface area contributed by atoms with Crippen molar-refractivity contribution in [2.75, 3.05) is 37.6 Å². The summed E-state index contributed by atoms with van der Waals surface area (Å²) in [6.45, 7) is 4.29. The van der Waals surface area contributed by atoms with Crippen molar-refractivity contribution < 1.29 is 8.42 Å². The van der Waals surface area contributed by atoms with E-state index in [1.54, 1.807) is 12.1 Å². The van der Waals surface area contributed by atoms with Gasteiger partial charge >= 0.3 is 0 Å². The summed E-state index contributed by atoms with van der Waals surface area (Å²) in [5.74, 6) is 0. The van der Waals surface area contributed by atoms with E-state index in [2.05, 4.69) is 45.3 Å². The van der Waals surface area contributed by atoms with Gasteiger partial charge in [-0.1, -0.05) is 41.9 Å². The molecule has 0 amide bonds. The highest BCUT2D eigenvalue weighted by molar-refractivity contribution is 7.89.